The van der Waals surface area contributed by atoms with E-state index < -0.39 is 10.8 Å². The largest absolute Gasteiger partial charge is 0.380 e. The Morgan fingerprint density at radius 2 is 2.31 bits per heavy atom. The van der Waals surface area contributed by atoms with Crippen molar-refractivity contribution >= 4 is 10.8 Å². The van der Waals surface area contributed by atoms with E-state index in [0.29, 0.717) is 24.5 Å². The average molecular weight is 243 g/mol. The minimum atomic E-state index is -1.30. The van der Waals surface area contributed by atoms with E-state index in [0.717, 1.165) is 0 Å². The number of halogens is 1. The summed E-state index contributed by atoms with van der Waals surface area (Å²) in [4.78, 5) is 0.478. The zero-order valence-electron chi connectivity index (χ0n) is 8.77. The number of benzene rings is 1. The summed E-state index contributed by atoms with van der Waals surface area (Å²) in [5.41, 5.74) is 5.89. The number of hydrogen-bond acceptors (Lipinski definition) is 3. The van der Waals surface area contributed by atoms with Crippen molar-refractivity contribution in [3.63, 3.8) is 0 Å². The molecule has 2 N–H and O–H groups in total. The van der Waals surface area contributed by atoms with Crippen LogP contribution in [0.25, 0.3) is 0 Å². The van der Waals surface area contributed by atoms with Crippen LogP contribution in [-0.4, -0.2) is 28.7 Å². The molecule has 0 spiro atoms. The highest BCUT2D eigenvalue weighted by Gasteiger charge is 2.28. The molecular formula is C11H14FNO2S. The topological polar surface area (TPSA) is 52.3 Å². The summed E-state index contributed by atoms with van der Waals surface area (Å²) in [6.45, 7) is 0.988. The minimum Gasteiger partial charge on any atom is -0.380 e. The van der Waals surface area contributed by atoms with E-state index in [-0.39, 0.29) is 17.1 Å². The Labute approximate surface area is 96.2 Å². The third-order valence-electron chi connectivity index (χ3n) is 2.66. The van der Waals surface area contributed by atoms with Crippen molar-refractivity contribution in [1.29, 1.82) is 0 Å². The van der Waals surface area contributed by atoms with E-state index in [4.69, 9.17) is 10.5 Å². The molecule has 0 bridgehead atoms. The molecule has 0 radical (unpaired) electrons. The molecule has 0 aromatic heterocycles. The van der Waals surface area contributed by atoms with Gasteiger partial charge in [-0.15, -0.1) is 0 Å². The van der Waals surface area contributed by atoms with Crippen molar-refractivity contribution in [2.75, 3.05) is 13.2 Å². The molecular weight excluding hydrogens is 229 g/mol. The molecule has 16 heavy (non-hydrogen) atoms. The van der Waals surface area contributed by atoms with Crippen LogP contribution >= 0.6 is 0 Å². The fourth-order valence-electron chi connectivity index (χ4n) is 1.72. The van der Waals surface area contributed by atoms with Crippen LogP contribution < -0.4 is 5.73 Å². The Balaban J connectivity index is 2.17. The first-order valence-electron chi connectivity index (χ1n) is 5.18. The number of hydrogen-bond donors (Lipinski definition) is 1. The molecule has 3 atom stereocenters. The molecule has 3 nitrogen and oxygen atoms in total. The van der Waals surface area contributed by atoms with Crippen molar-refractivity contribution in [3.8, 4) is 0 Å². The molecule has 0 amide bonds. The molecule has 1 saturated heterocycles. The van der Waals surface area contributed by atoms with Crippen molar-refractivity contribution in [1.82, 2.24) is 0 Å². The second-order valence-electron chi connectivity index (χ2n) is 3.82. The summed E-state index contributed by atoms with van der Waals surface area (Å²) in [5, 5.41) is -0.240. The van der Waals surface area contributed by atoms with Gasteiger partial charge in [0.1, 0.15) is 5.82 Å². The quantitative estimate of drug-likeness (QED) is 0.844. The van der Waals surface area contributed by atoms with Crippen LogP contribution in [0.2, 0.25) is 0 Å². The van der Waals surface area contributed by atoms with Crippen LogP contribution in [0.15, 0.2) is 29.2 Å². The highest BCUT2D eigenvalue weighted by atomic mass is 32.2. The van der Waals surface area contributed by atoms with Crippen molar-refractivity contribution in [2.24, 2.45) is 5.73 Å². The third-order valence-corrected chi connectivity index (χ3v) is 4.41. The Hall–Kier alpha value is -0.780. The summed E-state index contributed by atoms with van der Waals surface area (Å²) in [7, 11) is -1.30. The zero-order valence-corrected chi connectivity index (χ0v) is 9.58. The fourth-order valence-corrected chi connectivity index (χ4v) is 3.18. The lowest BCUT2D eigenvalue weighted by atomic mass is 10.1. The molecule has 0 saturated carbocycles. The van der Waals surface area contributed by atoms with Gasteiger partial charge < -0.3 is 10.5 Å². The van der Waals surface area contributed by atoms with E-state index in [1.165, 1.54) is 12.1 Å². The lowest BCUT2D eigenvalue weighted by molar-refractivity contribution is 0.0904. The summed E-state index contributed by atoms with van der Waals surface area (Å²) >= 11 is 0. The summed E-state index contributed by atoms with van der Waals surface area (Å²) in [5.74, 6) is -0.379. The molecule has 3 unspecified atom stereocenters. The van der Waals surface area contributed by atoms with Gasteiger partial charge in [-0.25, -0.2) is 4.39 Å². The molecule has 1 aromatic carbocycles. The van der Waals surface area contributed by atoms with Crippen LogP contribution in [0, 0.1) is 5.82 Å². The Kier molecular flexibility index (Phi) is 3.68. The smallest absolute Gasteiger partial charge is 0.124 e. The van der Waals surface area contributed by atoms with Crippen LogP contribution in [0.5, 0.6) is 0 Å². The summed E-state index contributed by atoms with van der Waals surface area (Å²) in [6, 6.07) is 5.69. The van der Waals surface area contributed by atoms with Gasteiger partial charge in [-0.2, -0.15) is 0 Å². The normalized spacial score (nSPS) is 27.6. The molecule has 1 aromatic rings. The fraction of sp³-hybridized carbons (Fsp3) is 0.455. The van der Waals surface area contributed by atoms with Gasteiger partial charge in [-0.05, 0) is 24.6 Å². The minimum absolute atomic E-state index is 0.141. The zero-order chi connectivity index (χ0) is 11.5. The van der Waals surface area contributed by atoms with Gasteiger partial charge in [0.2, 0.25) is 0 Å². The molecule has 5 heteroatoms. The summed E-state index contributed by atoms with van der Waals surface area (Å²) in [6.07, 6.45) is 0.700. The Bertz CT molecular complexity index is 399. The Morgan fingerprint density at radius 1 is 1.50 bits per heavy atom. The van der Waals surface area contributed by atoms with Gasteiger partial charge in [0.05, 0.1) is 22.7 Å². The van der Waals surface area contributed by atoms with Gasteiger partial charge in [0, 0.05) is 17.5 Å². The van der Waals surface area contributed by atoms with Crippen molar-refractivity contribution in [2.45, 2.75) is 22.6 Å². The average Bonchev–Trinajstić information content (AvgIpc) is 2.29. The molecule has 1 aliphatic rings. The first-order chi connectivity index (χ1) is 7.68. The third kappa shape index (κ3) is 2.48. The van der Waals surface area contributed by atoms with Gasteiger partial charge in [-0.3, -0.25) is 4.21 Å². The predicted molar refractivity (Wildman–Crippen MR) is 60.0 cm³/mol. The maximum Gasteiger partial charge on any atom is 0.124 e. The molecule has 1 heterocycles. The highest BCUT2D eigenvalue weighted by Crippen LogP contribution is 2.18. The second-order valence-corrected chi connectivity index (χ2v) is 5.49. The molecule has 88 valence electrons. The molecule has 2 rings (SSSR count). The molecule has 0 aliphatic carbocycles. The predicted octanol–water partition coefficient (Wildman–Crippen LogP) is 1.05. The highest BCUT2D eigenvalue weighted by molar-refractivity contribution is 7.85. The van der Waals surface area contributed by atoms with Crippen LogP contribution in [0.1, 0.15) is 6.42 Å². The standard InChI is InChI=1S/C11H14FNO2S/c12-8-2-1-3-9(6-8)16(14)11-7-15-5-4-10(11)13/h1-3,6,10-11H,4-5,7,13H2. The van der Waals surface area contributed by atoms with E-state index in [1.54, 1.807) is 12.1 Å². The van der Waals surface area contributed by atoms with E-state index in [1.807, 2.05) is 0 Å². The van der Waals surface area contributed by atoms with Crippen LogP contribution in [-0.2, 0) is 15.5 Å². The second kappa shape index (κ2) is 5.03. The number of rotatable bonds is 2. The first-order valence-corrected chi connectivity index (χ1v) is 6.39. The first kappa shape index (κ1) is 11.7. The van der Waals surface area contributed by atoms with E-state index in [9.17, 15) is 8.60 Å². The SMILES string of the molecule is NC1CCOCC1S(=O)c1cccc(F)c1. The maximum absolute atomic E-state index is 13.0. The van der Waals surface area contributed by atoms with Gasteiger partial charge >= 0.3 is 0 Å². The Morgan fingerprint density at radius 3 is 3.00 bits per heavy atom. The van der Waals surface area contributed by atoms with Gasteiger partial charge in [-0.1, -0.05) is 6.07 Å². The van der Waals surface area contributed by atoms with Crippen molar-refractivity contribution in [3.05, 3.63) is 30.1 Å². The lowest BCUT2D eigenvalue weighted by Gasteiger charge is -2.27. The van der Waals surface area contributed by atoms with Crippen LogP contribution in [0.3, 0.4) is 0 Å². The van der Waals surface area contributed by atoms with Crippen LogP contribution in [0.4, 0.5) is 4.39 Å². The summed E-state index contributed by atoms with van der Waals surface area (Å²) < 4.78 is 30.4. The van der Waals surface area contributed by atoms with E-state index in [2.05, 4.69) is 0 Å². The maximum atomic E-state index is 13.0. The number of nitrogens with two attached hydrogens (primary N) is 1. The van der Waals surface area contributed by atoms with Crippen molar-refractivity contribution < 1.29 is 13.3 Å². The molecule has 1 aliphatic heterocycles. The van der Waals surface area contributed by atoms with Gasteiger partial charge in [0.25, 0.3) is 0 Å². The lowest BCUT2D eigenvalue weighted by Crippen LogP contribution is -2.45. The number of ether oxygens (including phenoxy) is 1. The van der Waals surface area contributed by atoms with Gasteiger partial charge in [0.15, 0.2) is 0 Å². The van der Waals surface area contributed by atoms with E-state index >= 15 is 0 Å². The monoisotopic (exact) mass is 243 g/mol. The molecule has 1 fully saturated rings.